The number of hydrogen-bond acceptors (Lipinski definition) is 8. The Hall–Kier alpha value is -3.23. The number of nitrogens with zero attached hydrogens (tertiary/aromatic N) is 3. The molecule has 0 spiro atoms. The molecule has 2 aromatic rings. The summed E-state index contributed by atoms with van der Waals surface area (Å²) in [6, 6.07) is 5.99. The fourth-order valence-corrected chi connectivity index (χ4v) is 1.93. The topological polar surface area (TPSA) is 116 Å². The molecule has 1 aromatic carbocycles. The van der Waals surface area contributed by atoms with Crippen LogP contribution in [0.1, 0.15) is 30.6 Å². The molecule has 0 fully saturated rings. The Morgan fingerprint density at radius 2 is 2.00 bits per heavy atom. The average Bonchev–Trinajstić information content (AvgIpc) is 2.61. The van der Waals surface area contributed by atoms with Crippen LogP contribution in [-0.4, -0.2) is 34.0 Å². The van der Waals surface area contributed by atoms with Gasteiger partial charge < -0.3 is 14.8 Å². The van der Waals surface area contributed by atoms with Crippen LogP contribution in [0.2, 0.25) is 0 Å². The Morgan fingerprint density at radius 1 is 1.32 bits per heavy atom. The molecule has 25 heavy (non-hydrogen) atoms. The molecule has 0 radical (unpaired) electrons. The van der Waals surface area contributed by atoms with E-state index in [4.69, 9.17) is 4.74 Å². The smallest absolute Gasteiger partial charge is 0.373 e. The summed E-state index contributed by atoms with van der Waals surface area (Å²) < 4.78 is 10.1. The van der Waals surface area contributed by atoms with Crippen LogP contribution in [0.25, 0.3) is 0 Å². The summed E-state index contributed by atoms with van der Waals surface area (Å²) in [5, 5.41) is 14.4. The van der Waals surface area contributed by atoms with Crippen LogP contribution >= 0.6 is 0 Å². The second kappa shape index (κ2) is 8.04. The highest BCUT2D eigenvalue weighted by molar-refractivity contribution is 5.89. The van der Waals surface area contributed by atoms with Crippen molar-refractivity contribution < 1.29 is 19.2 Å². The highest BCUT2D eigenvalue weighted by atomic mass is 16.6. The normalized spacial score (nSPS) is 11.5. The van der Waals surface area contributed by atoms with E-state index < -0.39 is 10.9 Å². The maximum absolute atomic E-state index is 11.4. The maximum atomic E-state index is 11.4. The fourth-order valence-electron chi connectivity index (χ4n) is 1.93. The van der Waals surface area contributed by atoms with E-state index in [0.717, 1.165) is 6.42 Å². The van der Waals surface area contributed by atoms with Gasteiger partial charge in [-0.15, -0.1) is 0 Å². The SMILES string of the molecule is CCC(C)Nc1ncnc(Oc2ccc(C(=O)OC)cc2)c1[N+](=O)[O-]. The third-order valence-corrected chi connectivity index (χ3v) is 3.46. The van der Waals surface area contributed by atoms with Gasteiger partial charge in [0, 0.05) is 6.04 Å². The van der Waals surface area contributed by atoms with Crippen LogP contribution < -0.4 is 10.1 Å². The van der Waals surface area contributed by atoms with Crippen LogP contribution in [-0.2, 0) is 4.74 Å². The molecule has 0 amide bonds. The molecule has 0 aliphatic rings. The quantitative estimate of drug-likeness (QED) is 0.461. The third kappa shape index (κ3) is 4.40. The maximum Gasteiger partial charge on any atom is 0.373 e. The van der Waals surface area contributed by atoms with Crippen molar-refractivity contribution in [1.82, 2.24) is 9.97 Å². The van der Waals surface area contributed by atoms with Gasteiger partial charge in [-0.2, -0.15) is 4.98 Å². The lowest BCUT2D eigenvalue weighted by atomic mass is 10.2. The molecular formula is C16H18N4O5. The Balaban J connectivity index is 2.31. The molecular weight excluding hydrogens is 328 g/mol. The predicted octanol–water partition coefficient (Wildman–Crippen LogP) is 3.17. The van der Waals surface area contributed by atoms with Gasteiger partial charge in [-0.25, -0.2) is 9.78 Å². The summed E-state index contributed by atoms with van der Waals surface area (Å²) in [7, 11) is 1.28. The molecule has 132 valence electrons. The highest BCUT2D eigenvalue weighted by Crippen LogP contribution is 2.34. The molecule has 1 heterocycles. The van der Waals surface area contributed by atoms with E-state index in [1.54, 1.807) is 0 Å². The van der Waals surface area contributed by atoms with Crippen molar-refractivity contribution in [3.63, 3.8) is 0 Å². The first-order valence-corrected chi connectivity index (χ1v) is 7.58. The lowest BCUT2D eigenvalue weighted by molar-refractivity contribution is -0.385. The number of carbonyl (C=O) groups excluding carboxylic acids is 1. The van der Waals surface area contributed by atoms with Crippen molar-refractivity contribution in [2.75, 3.05) is 12.4 Å². The van der Waals surface area contributed by atoms with Gasteiger partial charge in [0.05, 0.1) is 17.6 Å². The second-order valence-corrected chi connectivity index (χ2v) is 5.20. The molecule has 0 aliphatic carbocycles. The Bertz CT molecular complexity index is 764. The van der Waals surface area contributed by atoms with E-state index in [0.29, 0.717) is 11.3 Å². The minimum absolute atomic E-state index is 0.000731. The van der Waals surface area contributed by atoms with Crippen molar-refractivity contribution in [1.29, 1.82) is 0 Å². The van der Waals surface area contributed by atoms with Gasteiger partial charge in [-0.1, -0.05) is 6.92 Å². The van der Waals surface area contributed by atoms with E-state index in [1.807, 2.05) is 13.8 Å². The third-order valence-electron chi connectivity index (χ3n) is 3.46. The Morgan fingerprint density at radius 3 is 2.56 bits per heavy atom. The molecule has 2 rings (SSSR count). The number of anilines is 1. The first-order chi connectivity index (χ1) is 12.0. The van der Waals surface area contributed by atoms with Crippen molar-refractivity contribution >= 4 is 17.5 Å². The van der Waals surface area contributed by atoms with Gasteiger partial charge in [-0.05, 0) is 37.6 Å². The zero-order chi connectivity index (χ0) is 18.4. The van der Waals surface area contributed by atoms with Crippen molar-refractivity contribution in [2.45, 2.75) is 26.3 Å². The van der Waals surface area contributed by atoms with Crippen LogP contribution in [0.3, 0.4) is 0 Å². The minimum Gasteiger partial charge on any atom is -0.465 e. The van der Waals surface area contributed by atoms with E-state index >= 15 is 0 Å². The fraction of sp³-hybridized carbons (Fsp3) is 0.312. The van der Waals surface area contributed by atoms with E-state index in [1.165, 1.54) is 37.7 Å². The number of aromatic nitrogens is 2. The summed E-state index contributed by atoms with van der Waals surface area (Å²) in [6.07, 6.45) is 1.96. The molecule has 9 heteroatoms. The largest absolute Gasteiger partial charge is 0.465 e. The van der Waals surface area contributed by atoms with Gasteiger partial charge >= 0.3 is 17.5 Å². The summed E-state index contributed by atoms with van der Waals surface area (Å²) in [4.78, 5) is 30.0. The van der Waals surface area contributed by atoms with Crippen LogP contribution in [0.5, 0.6) is 11.6 Å². The number of methoxy groups -OCH3 is 1. The standard InChI is InChI=1S/C16H18N4O5/c1-4-10(2)19-14-13(20(22)23)15(18-9-17-14)25-12-7-5-11(6-8-12)16(21)24-3/h5-10H,4H2,1-3H3,(H,17,18,19). The zero-order valence-corrected chi connectivity index (χ0v) is 14.1. The summed E-state index contributed by atoms with van der Waals surface area (Å²) in [5.74, 6) is -0.282. The van der Waals surface area contributed by atoms with Crippen LogP contribution in [0.15, 0.2) is 30.6 Å². The number of rotatable bonds is 7. The molecule has 9 nitrogen and oxygen atoms in total. The number of nitrogens with one attached hydrogen (secondary N) is 1. The molecule has 1 aromatic heterocycles. The van der Waals surface area contributed by atoms with Gasteiger partial charge in [0.25, 0.3) is 0 Å². The second-order valence-electron chi connectivity index (χ2n) is 5.20. The lowest BCUT2D eigenvalue weighted by Gasteiger charge is -2.13. The van der Waals surface area contributed by atoms with Gasteiger partial charge in [0.15, 0.2) is 0 Å². The molecule has 0 saturated carbocycles. The number of carbonyl (C=O) groups is 1. The number of esters is 1. The molecule has 1 unspecified atom stereocenters. The molecule has 0 bridgehead atoms. The predicted molar refractivity (Wildman–Crippen MR) is 89.9 cm³/mol. The number of ether oxygens (including phenoxy) is 2. The summed E-state index contributed by atoms with van der Waals surface area (Å²) >= 11 is 0. The highest BCUT2D eigenvalue weighted by Gasteiger charge is 2.25. The van der Waals surface area contributed by atoms with E-state index in [9.17, 15) is 14.9 Å². The van der Waals surface area contributed by atoms with Crippen molar-refractivity contribution in [3.8, 4) is 11.6 Å². The van der Waals surface area contributed by atoms with Gasteiger partial charge in [0.2, 0.25) is 5.82 Å². The first-order valence-electron chi connectivity index (χ1n) is 7.58. The number of hydrogen-bond donors (Lipinski definition) is 1. The Kier molecular flexibility index (Phi) is 5.83. The van der Waals surface area contributed by atoms with E-state index in [2.05, 4.69) is 20.0 Å². The van der Waals surface area contributed by atoms with Crippen molar-refractivity contribution in [2.24, 2.45) is 0 Å². The average molecular weight is 346 g/mol. The first kappa shape index (κ1) is 18.1. The van der Waals surface area contributed by atoms with Crippen LogP contribution in [0.4, 0.5) is 11.5 Å². The molecule has 0 saturated heterocycles. The van der Waals surface area contributed by atoms with E-state index in [-0.39, 0.29) is 23.4 Å². The molecule has 1 N–H and O–H groups in total. The van der Waals surface area contributed by atoms with Gasteiger partial charge in [0.1, 0.15) is 12.1 Å². The number of nitro groups is 1. The summed E-state index contributed by atoms with van der Waals surface area (Å²) in [5.41, 5.74) is -0.00833. The van der Waals surface area contributed by atoms with Gasteiger partial charge in [-0.3, -0.25) is 10.1 Å². The monoisotopic (exact) mass is 346 g/mol. The summed E-state index contributed by atoms with van der Waals surface area (Å²) in [6.45, 7) is 3.84. The Labute approximate surface area is 144 Å². The lowest BCUT2D eigenvalue weighted by Crippen LogP contribution is -2.16. The number of benzene rings is 1. The molecule has 1 atom stereocenters. The molecule has 0 aliphatic heterocycles. The van der Waals surface area contributed by atoms with Crippen LogP contribution in [0, 0.1) is 10.1 Å². The zero-order valence-electron chi connectivity index (χ0n) is 14.1. The van der Waals surface area contributed by atoms with Crippen molar-refractivity contribution in [3.05, 3.63) is 46.3 Å². The minimum atomic E-state index is -0.594.